The molecule has 0 spiro atoms. The molecule has 144 valence electrons. The second-order valence-electron chi connectivity index (χ2n) is 6.61. The lowest BCUT2D eigenvalue weighted by molar-refractivity contribution is -0.123. The van der Waals surface area contributed by atoms with Crippen molar-refractivity contribution in [2.24, 2.45) is 5.92 Å². The fourth-order valence-electron chi connectivity index (χ4n) is 2.21. The molecular formula is C21H26N2O4. The summed E-state index contributed by atoms with van der Waals surface area (Å²) < 4.78 is 11.0. The summed E-state index contributed by atoms with van der Waals surface area (Å²) in [5.41, 5.74) is 6.06. The summed E-state index contributed by atoms with van der Waals surface area (Å²) >= 11 is 0. The Morgan fingerprint density at radius 1 is 0.963 bits per heavy atom. The van der Waals surface area contributed by atoms with Crippen LogP contribution in [0.4, 0.5) is 0 Å². The molecule has 6 heteroatoms. The molecule has 0 atom stereocenters. The van der Waals surface area contributed by atoms with E-state index in [1.807, 2.05) is 25.1 Å². The smallest absolute Gasteiger partial charge is 0.276 e. The van der Waals surface area contributed by atoms with Gasteiger partial charge in [-0.25, -0.2) is 0 Å². The van der Waals surface area contributed by atoms with Crippen molar-refractivity contribution >= 4 is 11.8 Å². The SMILES string of the molecule is Cc1ccccc1OCC(=O)NNC(=O)c1ccc(OCCC(C)C)cc1. The molecule has 0 aliphatic heterocycles. The Hall–Kier alpha value is -3.02. The number of carbonyl (C=O) groups is 2. The molecule has 0 fully saturated rings. The van der Waals surface area contributed by atoms with E-state index in [4.69, 9.17) is 9.47 Å². The van der Waals surface area contributed by atoms with Crippen LogP contribution in [0.2, 0.25) is 0 Å². The van der Waals surface area contributed by atoms with Gasteiger partial charge < -0.3 is 9.47 Å². The normalized spacial score (nSPS) is 10.4. The molecule has 0 unspecified atom stereocenters. The summed E-state index contributed by atoms with van der Waals surface area (Å²) in [5.74, 6) is 1.07. The standard InChI is InChI=1S/C21H26N2O4/c1-15(2)12-13-26-18-10-8-17(9-11-18)21(25)23-22-20(24)14-27-19-7-5-4-6-16(19)3/h4-11,15H,12-14H2,1-3H3,(H,22,24)(H,23,25). The zero-order valence-electron chi connectivity index (χ0n) is 16.0. The Balaban J connectivity index is 1.74. The van der Waals surface area contributed by atoms with Gasteiger partial charge in [-0.05, 0) is 55.2 Å². The summed E-state index contributed by atoms with van der Waals surface area (Å²) in [6, 6.07) is 14.2. The lowest BCUT2D eigenvalue weighted by atomic mass is 10.1. The number of para-hydroxylation sites is 1. The van der Waals surface area contributed by atoms with Gasteiger partial charge in [0, 0.05) is 5.56 Å². The third-order valence-electron chi connectivity index (χ3n) is 3.85. The van der Waals surface area contributed by atoms with Crippen LogP contribution < -0.4 is 20.3 Å². The van der Waals surface area contributed by atoms with Crippen molar-refractivity contribution in [3.05, 3.63) is 59.7 Å². The third kappa shape index (κ3) is 7.01. The maximum absolute atomic E-state index is 12.1. The van der Waals surface area contributed by atoms with Gasteiger partial charge in [-0.1, -0.05) is 32.0 Å². The summed E-state index contributed by atoms with van der Waals surface area (Å²) in [6.45, 7) is 6.62. The predicted molar refractivity (Wildman–Crippen MR) is 104 cm³/mol. The molecule has 2 aromatic carbocycles. The summed E-state index contributed by atoms with van der Waals surface area (Å²) in [6.07, 6.45) is 0.971. The van der Waals surface area contributed by atoms with Crippen LogP contribution in [0, 0.1) is 12.8 Å². The van der Waals surface area contributed by atoms with E-state index in [-0.39, 0.29) is 6.61 Å². The Kier molecular flexibility index (Phi) is 7.67. The Bertz CT molecular complexity index is 757. The van der Waals surface area contributed by atoms with Gasteiger partial charge in [-0.2, -0.15) is 0 Å². The number of hydrazine groups is 1. The molecule has 2 N–H and O–H groups in total. The van der Waals surface area contributed by atoms with Gasteiger partial charge in [0.05, 0.1) is 6.61 Å². The van der Waals surface area contributed by atoms with E-state index in [0.29, 0.717) is 29.6 Å². The van der Waals surface area contributed by atoms with Crippen LogP contribution >= 0.6 is 0 Å². The van der Waals surface area contributed by atoms with E-state index in [0.717, 1.165) is 12.0 Å². The topological polar surface area (TPSA) is 76.7 Å². The molecule has 0 radical (unpaired) electrons. The monoisotopic (exact) mass is 370 g/mol. The Morgan fingerprint density at radius 3 is 2.33 bits per heavy atom. The van der Waals surface area contributed by atoms with Crippen LogP contribution in [0.3, 0.4) is 0 Å². The fraction of sp³-hybridized carbons (Fsp3) is 0.333. The molecule has 0 saturated heterocycles. The van der Waals surface area contributed by atoms with Gasteiger partial charge in [-0.3, -0.25) is 20.4 Å². The van der Waals surface area contributed by atoms with E-state index >= 15 is 0 Å². The first-order valence-electron chi connectivity index (χ1n) is 8.96. The number of aryl methyl sites for hydroxylation is 1. The third-order valence-corrected chi connectivity index (χ3v) is 3.85. The van der Waals surface area contributed by atoms with Crippen LogP contribution in [-0.2, 0) is 4.79 Å². The van der Waals surface area contributed by atoms with Crippen molar-refractivity contribution in [1.82, 2.24) is 10.9 Å². The minimum absolute atomic E-state index is 0.187. The van der Waals surface area contributed by atoms with Crippen LogP contribution in [0.25, 0.3) is 0 Å². The van der Waals surface area contributed by atoms with Gasteiger partial charge in [0.1, 0.15) is 11.5 Å². The second-order valence-corrected chi connectivity index (χ2v) is 6.61. The summed E-state index contributed by atoms with van der Waals surface area (Å²) in [5, 5.41) is 0. The lowest BCUT2D eigenvalue weighted by Gasteiger charge is -2.11. The van der Waals surface area contributed by atoms with E-state index in [1.54, 1.807) is 30.3 Å². The van der Waals surface area contributed by atoms with Crippen molar-refractivity contribution in [3.8, 4) is 11.5 Å². The molecule has 27 heavy (non-hydrogen) atoms. The van der Waals surface area contributed by atoms with Crippen molar-refractivity contribution in [3.63, 3.8) is 0 Å². The van der Waals surface area contributed by atoms with Crippen LogP contribution in [0.5, 0.6) is 11.5 Å². The largest absolute Gasteiger partial charge is 0.494 e. The number of hydrogen-bond acceptors (Lipinski definition) is 4. The highest BCUT2D eigenvalue weighted by Crippen LogP contribution is 2.16. The minimum Gasteiger partial charge on any atom is -0.494 e. The van der Waals surface area contributed by atoms with Crippen molar-refractivity contribution in [2.45, 2.75) is 27.2 Å². The first kappa shape index (κ1) is 20.3. The molecule has 2 rings (SSSR count). The number of ether oxygens (including phenoxy) is 2. The van der Waals surface area contributed by atoms with E-state index in [9.17, 15) is 9.59 Å². The fourth-order valence-corrected chi connectivity index (χ4v) is 2.21. The van der Waals surface area contributed by atoms with Gasteiger partial charge in [0.2, 0.25) is 0 Å². The Labute approximate surface area is 159 Å². The lowest BCUT2D eigenvalue weighted by Crippen LogP contribution is -2.43. The summed E-state index contributed by atoms with van der Waals surface area (Å²) in [4.78, 5) is 23.9. The minimum atomic E-state index is -0.444. The number of hydrogen-bond donors (Lipinski definition) is 2. The highest BCUT2D eigenvalue weighted by atomic mass is 16.5. The zero-order valence-corrected chi connectivity index (χ0v) is 16.0. The van der Waals surface area contributed by atoms with Gasteiger partial charge in [-0.15, -0.1) is 0 Å². The average molecular weight is 370 g/mol. The van der Waals surface area contributed by atoms with E-state index in [2.05, 4.69) is 24.7 Å². The highest BCUT2D eigenvalue weighted by molar-refractivity contribution is 5.95. The van der Waals surface area contributed by atoms with Crippen molar-refractivity contribution in [1.29, 1.82) is 0 Å². The molecule has 2 amide bonds. The average Bonchev–Trinajstić information content (AvgIpc) is 2.65. The maximum Gasteiger partial charge on any atom is 0.276 e. The molecule has 0 aromatic heterocycles. The number of amides is 2. The molecule has 0 heterocycles. The quantitative estimate of drug-likeness (QED) is 0.699. The molecular weight excluding hydrogens is 344 g/mol. The van der Waals surface area contributed by atoms with E-state index in [1.165, 1.54) is 0 Å². The molecule has 6 nitrogen and oxygen atoms in total. The molecule has 0 aliphatic rings. The molecule has 0 aliphatic carbocycles. The summed E-state index contributed by atoms with van der Waals surface area (Å²) in [7, 11) is 0. The zero-order chi connectivity index (χ0) is 19.6. The molecule has 0 saturated carbocycles. The second kappa shape index (κ2) is 10.2. The maximum atomic E-state index is 12.1. The molecule has 0 bridgehead atoms. The van der Waals surface area contributed by atoms with Crippen LogP contribution in [0.1, 0.15) is 36.2 Å². The molecule has 2 aromatic rings. The first-order valence-corrected chi connectivity index (χ1v) is 8.96. The van der Waals surface area contributed by atoms with Crippen molar-refractivity contribution in [2.75, 3.05) is 13.2 Å². The Morgan fingerprint density at radius 2 is 1.67 bits per heavy atom. The van der Waals surface area contributed by atoms with Gasteiger partial charge in [0.15, 0.2) is 6.61 Å². The number of rotatable bonds is 8. The first-order chi connectivity index (χ1) is 13.0. The number of nitrogens with one attached hydrogen (secondary N) is 2. The number of benzene rings is 2. The van der Waals surface area contributed by atoms with Crippen LogP contribution in [0.15, 0.2) is 48.5 Å². The van der Waals surface area contributed by atoms with Gasteiger partial charge in [0.25, 0.3) is 11.8 Å². The van der Waals surface area contributed by atoms with Gasteiger partial charge >= 0.3 is 0 Å². The predicted octanol–water partition coefficient (Wildman–Crippen LogP) is 3.26. The highest BCUT2D eigenvalue weighted by Gasteiger charge is 2.09. The van der Waals surface area contributed by atoms with Crippen LogP contribution in [-0.4, -0.2) is 25.0 Å². The number of carbonyl (C=O) groups excluding carboxylic acids is 2. The van der Waals surface area contributed by atoms with Crippen molar-refractivity contribution < 1.29 is 19.1 Å². The van der Waals surface area contributed by atoms with E-state index < -0.39 is 11.8 Å².